The zero-order chi connectivity index (χ0) is 34.6. The highest BCUT2D eigenvalue weighted by Gasteiger charge is 2.45. The second-order valence-corrected chi connectivity index (χ2v) is 14.4. The highest BCUT2D eigenvalue weighted by molar-refractivity contribution is 5.76. The number of hydrogen-bond donors (Lipinski definition) is 2. The molecule has 5 rings (SSSR count). The maximum absolute atomic E-state index is 13.2. The molecule has 0 spiro atoms. The van der Waals surface area contributed by atoms with Crippen molar-refractivity contribution in [1.82, 2.24) is 15.1 Å². The third kappa shape index (κ3) is 9.22. The van der Waals surface area contributed by atoms with Gasteiger partial charge in [0.25, 0.3) is 0 Å². The Kier molecular flexibility index (Phi) is 11.7. The summed E-state index contributed by atoms with van der Waals surface area (Å²) in [7, 11) is 0. The molecule has 2 aliphatic carbocycles. The molecule has 266 valence electrons. The van der Waals surface area contributed by atoms with Gasteiger partial charge in [-0.05, 0) is 98.0 Å². The lowest BCUT2D eigenvalue weighted by atomic mass is 9.75. The predicted octanol–water partition coefficient (Wildman–Crippen LogP) is 7.40. The van der Waals surface area contributed by atoms with Crippen LogP contribution in [0, 0.1) is 35.5 Å². The average Bonchev–Trinajstić information content (AvgIpc) is 3.43. The number of rotatable bonds is 10. The molecule has 0 aromatic heterocycles. The van der Waals surface area contributed by atoms with Gasteiger partial charge in [0.2, 0.25) is 5.91 Å². The van der Waals surface area contributed by atoms with Gasteiger partial charge in [0, 0.05) is 32.6 Å². The monoisotopic (exact) mass is 683 g/mol. The number of alkyl halides is 6. The van der Waals surface area contributed by atoms with Gasteiger partial charge >= 0.3 is 18.3 Å². The first-order chi connectivity index (χ1) is 22.7. The fourth-order valence-corrected chi connectivity index (χ4v) is 8.52. The van der Waals surface area contributed by atoms with Crippen LogP contribution in [0.4, 0.5) is 26.3 Å². The van der Waals surface area contributed by atoms with Gasteiger partial charge in [0.15, 0.2) is 0 Å². The first kappa shape index (κ1) is 36.4. The highest BCUT2D eigenvalue weighted by Crippen LogP contribution is 2.41. The largest absolute Gasteiger partial charge is 0.480 e. The van der Waals surface area contributed by atoms with Gasteiger partial charge < -0.3 is 15.3 Å². The van der Waals surface area contributed by atoms with Gasteiger partial charge in [-0.15, -0.1) is 0 Å². The minimum atomic E-state index is -4.94. The summed E-state index contributed by atoms with van der Waals surface area (Å²) in [6.07, 6.45) is 5.68. The molecule has 0 radical (unpaired) electrons. The number of carboxylic acids is 1. The molecule has 2 saturated heterocycles. The Balaban J connectivity index is 1.16. The van der Waals surface area contributed by atoms with Crippen LogP contribution in [0.15, 0.2) is 42.5 Å². The lowest BCUT2D eigenvalue weighted by Crippen LogP contribution is -2.46. The van der Waals surface area contributed by atoms with Gasteiger partial charge in [-0.2, -0.15) is 26.3 Å². The molecule has 12 heteroatoms. The number of carboxylic acid groups (broad SMARTS) is 1. The Morgan fingerprint density at radius 1 is 0.896 bits per heavy atom. The number of nitrogens with zero attached hydrogens (tertiary/aromatic N) is 2. The molecule has 1 amide bonds. The summed E-state index contributed by atoms with van der Waals surface area (Å²) in [4.78, 5) is 29.9. The topological polar surface area (TPSA) is 72.9 Å². The van der Waals surface area contributed by atoms with Crippen molar-refractivity contribution in [2.45, 2.75) is 83.2 Å². The average molecular weight is 684 g/mol. The number of carbonyl (C=O) groups is 2. The van der Waals surface area contributed by atoms with Gasteiger partial charge in [-0.1, -0.05) is 50.5 Å². The molecular weight excluding hydrogens is 636 g/mol. The molecule has 1 aromatic rings. The lowest BCUT2D eigenvalue weighted by Gasteiger charge is -2.36. The molecule has 2 heterocycles. The molecule has 1 saturated carbocycles. The van der Waals surface area contributed by atoms with Crippen molar-refractivity contribution in [3.8, 4) is 0 Å². The number of halogens is 6. The van der Waals surface area contributed by atoms with E-state index in [0.29, 0.717) is 35.8 Å². The number of likely N-dealkylation sites (tertiary alicyclic amines) is 2. The molecule has 2 aliphatic heterocycles. The van der Waals surface area contributed by atoms with Crippen molar-refractivity contribution in [3.05, 3.63) is 59.2 Å². The maximum Gasteiger partial charge on any atom is 0.416 e. The predicted molar refractivity (Wildman–Crippen MR) is 170 cm³/mol. The standard InChI is InChI=1S/C36H47F6N3O3/c1-23-7-5-6-10-30(23)31-22-45(33(34(47)48)26-8-3-2-4-9-26)21-27(31)20-44-13-11-24(12-14-44)17-32(46)43-19-25-15-28(35(37,38)39)18-29(16-25)36(40,41)42/h5-7,10,15-16,18,23-24,26-27,30-31,33H,2-4,8-9,11-14,17,19-22H2,1H3,(H,43,46)(H,47,48)/t23?,27-,30?,31-,33+/m0/s1. The van der Waals surface area contributed by atoms with Crippen molar-refractivity contribution in [2.24, 2.45) is 35.5 Å². The van der Waals surface area contributed by atoms with Crippen LogP contribution in [0.25, 0.3) is 0 Å². The number of piperidine rings is 1. The summed E-state index contributed by atoms with van der Waals surface area (Å²) in [5.74, 6) is 0.421. The molecule has 3 fully saturated rings. The highest BCUT2D eigenvalue weighted by atomic mass is 19.4. The second kappa shape index (κ2) is 15.4. The first-order valence-electron chi connectivity index (χ1n) is 17.3. The fourth-order valence-electron chi connectivity index (χ4n) is 8.52. The van der Waals surface area contributed by atoms with Crippen LogP contribution in [-0.2, 0) is 28.5 Å². The van der Waals surface area contributed by atoms with Gasteiger partial charge in [-0.25, -0.2) is 0 Å². The van der Waals surface area contributed by atoms with Crippen molar-refractivity contribution in [2.75, 3.05) is 32.7 Å². The van der Waals surface area contributed by atoms with Crippen LogP contribution >= 0.6 is 0 Å². The van der Waals surface area contributed by atoms with Gasteiger partial charge in [0.1, 0.15) is 6.04 Å². The van der Waals surface area contributed by atoms with E-state index in [-0.39, 0.29) is 29.9 Å². The van der Waals surface area contributed by atoms with E-state index in [2.05, 4.69) is 46.3 Å². The minimum Gasteiger partial charge on any atom is -0.480 e. The van der Waals surface area contributed by atoms with Crippen LogP contribution in [0.5, 0.6) is 0 Å². The molecule has 5 atom stereocenters. The lowest BCUT2D eigenvalue weighted by molar-refractivity contribution is -0.146. The minimum absolute atomic E-state index is 0.0542. The van der Waals surface area contributed by atoms with E-state index < -0.39 is 47.9 Å². The van der Waals surface area contributed by atoms with Crippen molar-refractivity contribution in [3.63, 3.8) is 0 Å². The second-order valence-electron chi connectivity index (χ2n) is 14.4. The quantitative estimate of drug-likeness (QED) is 0.252. The molecule has 0 bridgehead atoms. The Morgan fingerprint density at radius 2 is 1.52 bits per heavy atom. The van der Waals surface area contributed by atoms with E-state index in [1.807, 2.05) is 0 Å². The Hall–Kier alpha value is -2.86. The molecule has 1 aromatic carbocycles. The summed E-state index contributed by atoms with van der Waals surface area (Å²) in [6.45, 7) is 5.68. The van der Waals surface area contributed by atoms with E-state index in [0.717, 1.165) is 71.2 Å². The summed E-state index contributed by atoms with van der Waals surface area (Å²) in [5, 5.41) is 12.9. The summed E-state index contributed by atoms with van der Waals surface area (Å²) in [5.41, 5.74) is -3.06. The SMILES string of the molecule is CC1C=CC=CC1[C@H]1CN([C@@H](C(=O)O)C2CCCCC2)C[C@@H]1CN1CCC(CC(=O)NCc2cc(C(F)(F)F)cc(C(F)(F)F)c2)CC1. The van der Waals surface area contributed by atoms with Crippen LogP contribution in [0.2, 0.25) is 0 Å². The number of amides is 1. The van der Waals surface area contributed by atoms with Gasteiger partial charge in [-0.3, -0.25) is 14.5 Å². The number of benzene rings is 1. The summed E-state index contributed by atoms with van der Waals surface area (Å²) in [6, 6.07) is 0.893. The maximum atomic E-state index is 13.2. The molecule has 48 heavy (non-hydrogen) atoms. The number of hydrogen-bond acceptors (Lipinski definition) is 4. The Bertz CT molecular complexity index is 1300. The van der Waals surface area contributed by atoms with Crippen molar-refractivity contribution < 1.29 is 41.0 Å². The number of allylic oxidation sites excluding steroid dienone is 4. The Morgan fingerprint density at radius 3 is 2.10 bits per heavy atom. The van der Waals surface area contributed by atoms with E-state index in [1.54, 1.807) is 0 Å². The number of aliphatic carboxylic acids is 1. The van der Waals surface area contributed by atoms with Crippen LogP contribution in [-0.4, -0.2) is 65.5 Å². The van der Waals surface area contributed by atoms with Crippen molar-refractivity contribution >= 4 is 11.9 Å². The summed E-state index contributed by atoms with van der Waals surface area (Å²) >= 11 is 0. The Labute approximate surface area is 278 Å². The third-order valence-corrected chi connectivity index (χ3v) is 11.0. The third-order valence-electron chi connectivity index (χ3n) is 11.0. The van der Waals surface area contributed by atoms with E-state index in [9.17, 15) is 41.0 Å². The molecule has 6 nitrogen and oxygen atoms in total. The molecule has 2 unspecified atom stereocenters. The number of carbonyl (C=O) groups excluding carboxylic acids is 1. The first-order valence-corrected chi connectivity index (χ1v) is 17.3. The van der Waals surface area contributed by atoms with Crippen LogP contribution in [0.3, 0.4) is 0 Å². The summed E-state index contributed by atoms with van der Waals surface area (Å²) < 4.78 is 79.3. The molecule has 2 N–H and O–H groups in total. The normalized spacial score (nSPS) is 27.3. The van der Waals surface area contributed by atoms with Gasteiger partial charge in [0.05, 0.1) is 11.1 Å². The molecule has 4 aliphatic rings. The van der Waals surface area contributed by atoms with Crippen LogP contribution < -0.4 is 5.32 Å². The number of nitrogens with one attached hydrogen (secondary N) is 1. The zero-order valence-corrected chi connectivity index (χ0v) is 27.4. The van der Waals surface area contributed by atoms with E-state index >= 15 is 0 Å². The van der Waals surface area contributed by atoms with E-state index in [1.165, 1.54) is 6.42 Å². The fraction of sp³-hybridized carbons (Fsp3) is 0.667. The zero-order valence-electron chi connectivity index (χ0n) is 27.4. The molecular formula is C36H47F6N3O3. The van der Waals surface area contributed by atoms with E-state index in [4.69, 9.17) is 0 Å². The van der Waals surface area contributed by atoms with Crippen molar-refractivity contribution in [1.29, 1.82) is 0 Å². The van der Waals surface area contributed by atoms with Crippen LogP contribution in [0.1, 0.15) is 75.0 Å². The smallest absolute Gasteiger partial charge is 0.416 e.